The first-order chi connectivity index (χ1) is 9.76. The van der Waals surface area contributed by atoms with Gasteiger partial charge in [0, 0.05) is 16.9 Å². The topological polar surface area (TPSA) is 18.5 Å². The lowest BCUT2D eigenvalue weighted by atomic mass is 9.79. The molecule has 2 aliphatic carbocycles. The molecule has 0 radical (unpaired) electrons. The van der Waals surface area contributed by atoms with Crippen molar-refractivity contribution >= 4 is 17.7 Å². The Morgan fingerprint density at radius 2 is 1.60 bits per heavy atom. The Kier molecular flexibility index (Phi) is 3.13. The van der Waals surface area contributed by atoms with Gasteiger partial charge in [-0.25, -0.2) is 0 Å². The molecule has 1 saturated heterocycles. The van der Waals surface area contributed by atoms with Crippen LogP contribution in [-0.2, 0) is 9.47 Å². The van der Waals surface area contributed by atoms with E-state index in [1.165, 1.54) is 24.0 Å². The summed E-state index contributed by atoms with van der Waals surface area (Å²) in [7, 11) is 0. The summed E-state index contributed by atoms with van der Waals surface area (Å²) < 4.78 is 12.0. The molecule has 0 aromatic heterocycles. The minimum Gasteiger partial charge on any atom is -0.347 e. The average molecular weight is 291 g/mol. The zero-order valence-electron chi connectivity index (χ0n) is 11.5. The third-order valence-corrected chi connectivity index (χ3v) is 5.25. The van der Waals surface area contributed by atoms with E-state index in [4.69, 9.17) is 21.1 Å². The Hall–Kier alpha value is -0.830. The van der Waals surface area contributed by atoms with Crippen molar-refractivity contribution in [3.05, 3.63) is 40.4 Å². The van der Waals surface area contributed by atoms with Gasteiger partial charge >= 0.3 is 0 Å². The molecule has 1 heterocycles. The quantitative estimate of drug-likeness (QED) is 0.768. The minimum absolute atomic E-state index is 0.239. The van der Waals surface area contributed by atoms with E-state index in [1.54, 1.807) is 0 Å². The summed E-state index contributed by atoms with van der Waals surface area (Å²) in [5.74, 6) is 0.849. The Balaban J connectivity index is 1.57. The van der Waals surface area contributed by atoms with Gasteiger partial charge in [-0.15, -0.1) is 0 Å². The highest BCUT2D eigenvalue weighted by atomic mass is 35.5. The van der Waals surface area contributed by atoms with Crippen LogP contribution in [0.25, 0.3) is 6.08 Å². The molecular formula is C17H19ClO2. The van der Waals surface area contributed by atoms with Crippen molar-refractivity contribution in [1.29, 1.82) is 0 Å². The molecule has 1 aromatic carbocycles. The van der Waals surface area contributed by atoms with Crippen LogP contribution in [0.1, 0.15) is 31.2 Å². The molecule has 0 amide bonds. The van der Waals surface area contributed by atoms with E-state index in [1.807, 2.05) is 12.1 Å². The normalized spacial score (nSPS) is 30.9. The summed E-state index contributed by atoms with van der Waals surface area (Å²) in [4.78, 5) is 0. The third kappa shape index (κ3) is 2.02. The first-order valence-electron chi connectivity index (χ1n) is 7.49. The van der Waals surface area contributed by atoms with Crippen molar-refractivity contribution in [3.63, 3.8) is 0 Å². The van der Waals surface area contributed by atoms with Gasteiger partial charge in [-0.3, -0.25) is 0 Å². The van der Waals surface area contributed by atoms with E-state index in [-0.39, 0.29) is 5.79 Å². The molecular weight excluding hydrogens is 272 g/mol. The van der Waals surface area contributed by atoms with Gasteiger partial charge in [-0.2, -0.15) is 0 Å². The maximum atomic E-state index is 6.02. The van der Waals surface area contributed by atoms with Gasteiger partial charge in [0.1, 0.15) is 0 Å². The van der Waals surface area contributed by atoms with Crippen LogP contribution >= 0.6 is 11.6 Å². The van der Waals surface area contributed by atoms with Crippen molar-refractivity contribution in [2.24, 2.45) is 11.8 Å². The van der Waals surface area contributed by atoms with E-state index in [0.29, 0.717) is 11.8 Å². The van der Waals surface area contributed by atoms with Crippen LogP contribution in [0.3, 0.4) is 0 Å². The fourth-order valence-corrected chi connectivity index (χ4v) is 4.30. The second-order valence-corrected chi connectivity index (χ2v) is 6.59. The van der Waals surface area contributed by atoms with Crippen LogP contribution in [0.15, 0.2) is 29.8 Å². The number of halogens is 1. The smallest absolute Gasteiger partial charge is 0.174 e. The number of rotatable bonds is 1. The predicted molar refractivity (Wildman–Crippen MR) is 79.5 cm³/mol. The van der Waals surface area contributed by atoms with Gasteiger partial charge in [0.2, 0.25) is 0 Å². The van der Waals surface area contributed by atoms with Crippen molar-refractivity contribution in [1.82, 2.24) is 0 Å². The van der Waals surface area contributed by atoms with Crippen LogP contribution in [0.4, 0.5) is 0 Å². The Labute approximate surface area is 124 Å². The zero-order chi connectivity index (χ0) is 13.6. The number of hydrogen-bond donors (Lipinski definition) is 0. The van der Waals surface area contributed by atoms with E-state index in [9.17, 15) is 0 Å². The van der Waals surface area contributed by atoms with Gasteiger partial charge in [0.25, 0.3) is 0 Å². The monoisotopic (exact) mass is 290 g/mol. The summed E-state index contributed by atoms with van der Waals surface area (Å²) in [6, 6.07) is 8.08. The van der Waals surface area contributed by atoms with Crippen molar-refractivity contribution in [3.8, 4) is 0 Å². The largest absolute Gasteiger partial charge is 0.347 e. The molecule has 3 fully saturated rings. The molecule has 2 atom stereocenters. The Morgan fingerprint density at radius 1 is 1.00 bits per heavy atom. The molecule has 3 heteroatoms. The number of allylic oxidation sites excluding steroid dienone is 1. The first kappa shape index (κ1) is 12.9. The van der Waals surface area contributed by atoms with Crippen molar-refractivity contribution in [2.75, 3.05) is 13.2 Å². The summed E-state index contributed by atoms with van der Waals surface area (Å²) in [5, 5.41) is 0.794. The van der Waals surface area contributed by atoms with E-state index in [2.05, 4.69) is 18.2 Å². The third-order valence-electron chi connectivity index (χ3n) is 5.00. The molecule has 1 aliphatic heterocycles. The summed E-state index contributed by atoms with van der Waals surface area (Å²) in [6.45, 7) is 1.53. The van der Waals surface area contributed by atoms with Gasteiger partial charge in [-0.05, 0) is 43.4 Å². The lowest BCUT2D eigenvalue weighted by Gasteiger charge is -2.39. The molecule has 2 nitrogen and oxygen atoms in total. The predicted octanol–water partition coefficient (Wildman–Crippen LogP) is 4.29. The highest BCUT2D eigenvalue weighted by molar-refractivity contribution is 6.30. The van der Waals surface area contributed by atoms with E-state index in [0.717, 1.165) is 31.1 Å². The maximum Gasteiger partial charge on any atom is 0.174 e. The van der Waals surface area contributed by atoms with Crippen LogP contribution in [0.5, 0.6) is 0 Å². The maximum absolute atomic E-state index is 6.02. The van der Waals surface area contributed by atoms with Crippen LogP contribution < -0.4 is 0 Å². The Bertz CT molecular complexity index is 510. The second-order valence-electron chi connectivity index (χ2n) is 6.15. The highest BCUT2D eigenvalue weighted by Crippen LogP contribution is 2.55. The molecule has 0 N–H and O–H groups in total. The van der Waals surface area contributed by atoms with E-state index < -0.39 is 0 Å². The molecule has 2 saturated carbocycles. The molecule has 4 rings (SSSR count). The van der Waals surface area contributed by atoms with Crippen molar-refractivity contribution < 1.29 is 9.47 Å². The number of hydrogen-bond acceptors (Lipinski definition) is 2. The second kappa shape index (κ2) is 4.87. The van der Waals surface area contributed by atoms with Gasteiger partial charge < -0.3 is 9.47 Å². The fourth-order valence-electron chi connectivity index (χ4n) is 4.17. The molecule has 20 heavy (non-hydrogen) atoms. The van der Waals surface area contributed by atoms with Crippen LogP contribution in [0.2, 0.25) is 5.02 Å². The summed E-state index contributed by atoms with van der Waals surface area (Å²) >= 11 is 5.94. The average Bonchev–Trinajstić information content (AvgIpc) is 2.98. The Morgan fingerprint density at radius 3 is 2.20 bits per heavy atom. The number of benzene rings is 1. The molecule has 3 aliphatic rings. The minimum atomic E-state index is -0.239. The lowest BCUT2D eigenvalue weighted by molar-refractivity contribution is -0.215. The molecule has 106 valence electrons. The van der Waals surface area contributed by atoms with Crippen molar-refractivity contribution in [2.45, 2.75) is 31.5 Å². The molecule has 1 spiro atoms. The fraction of sp³-hybridized carbons (Fsp3) is 0.529. The van der Waals surface area contributed by atoms with Gasteiger partial charge in [0.05, 0.1) is 13.2 Å². The first-order valence-corrected chi connectivity index (χ1v) is 7.87. The van der Waals surface area contributed by atoms with E-state index >= 15 is 0 Å². The van der Waals surface area contributed by atoms with Gasteiger partial charge in [0.15, 0.2) is 5.79 Å². The van der Waals surface area contributed by atoms with Crippen LogP contribution in [-0.4, -0.2) is 19.0 Å². The lowest BCUT2D eigenvalue weighted by Crippen LogP contribution is -2.44. The summed E-state index contributed by atoms with van der Waals surface area (Å²) in [6.07, 6.45) is 7.02. The SMILES string of the molecule is Clc1ccc(C=C2CC3CCC(C2)C32OCCO2)cc1. The summed E-state index contributed by atoms with van der Waals surface area (Å²) in [5.41, 5.74) is 2.78. The highest BCUT2D eigenvalue weighted by Gasteiger charge is 2.57. The molecule has 2 unspecified atom stereocenters. The standard InChI is InChI=1S/C17H19ClO2/c18-16-5-1-12(2-6-16)9-13-10-14-3-4-15(11-13)17(14)19-7-8-20-17/h1-2,5-6,9,14-15H,3-4,7-8,10-11H2. The number of ether oxygens (including phenoxy) is 2. The van der Waals surface area contributed by atoms with Gasteiger partial charge in [-0.1, -0.05) is 35.4 Å². The zero-order valence-corrected chi connectivity index (χ0v) is 12.2. The molecule has 2 bridgehead atoms. The van der Waals surface area contributed by atoms with Crippen LogP contribution in [0, 0.1) is 11.8 Å². The molecule has 1 aromatic rings.